The van der Waals surface area contributed by atoms with E-state index in [0.29, 0.717) is 5.33 Å². The number of alkyl halides is 1. The summed E-state index contributed by atoms with van der Waals surface area (Å²) in [6, 6.07) is 0. The predicted octanol–water partition coefficient (Wildman–Crippen LogP) is 2.31. The fourth-order valence-electron chi connectivity index (χ4n) is 0.527. The van der Waals surface area contributed by atoms with Gasteiger partial charge in [-0.15, -0.1) is 0 Å². The smallest absolute Gasteiger partial charge is 0.106 e. The molecule has 0 aromatic rings. The quantitative estimate of drug-likeness (QED) is 0.615. The Balaban J connectivity index is 2.65. The van der Waals surface area contributed by atoms with Crippen LogP contribution in [-0.2, 0) is 0 Å². The van der Waals surface area contributed by atoms with Crippen molar-refractivity contribution in [1.29, 1.82) is 0 Å². The van der Waals surface area contributed by atoms with Gasteiger partial charge in [-0.2, -0.15) is 0 Å². The summed E-state index contributed by atoms with van der Waals surface area (Å²) in [7, 11) is 0. The lowest BCUT2D eigenvalue weighted by Gasteiger charge is -2.06. The Kier molecular flexibility index (Phi) is 3.72. The minimum absolute atomic E-state index is 0.170. The number of rotatable bonds is 2. The topological polar surface area (TPSA) is 32.6 Å². The van der Waals surface area contributed by atoms with Crippen LogP contribution in [0, 0.1) is 0 Å². The number of aliphatic hydroxyl groups is 1. The molecule has 0 radical (unpaired) electrons. The molecule has 1 atom stereocenters. The second-order valence-electron chi connectivity index (χ2n) is 1.76. The Morgan fingerprint density at radius 1 is 1.80 bits per heavy atom. The van der Waals surface area contributed by atoms with Gasteiger partial charge in [-0.25, -0.2) is 3.15 Å². The van der Waals surface area contributed by atoms with E-state index in [4.69, 9.17) is 0 Å². The second kappa shape index (κ2) is 4.35. The first-order chi connectivity index (χ1) is 4.84. The molecule has 0 aromatic heterocycles. The number of hydrogen-bond donors (Lipinski definition) is 1. The van der Waals surface area contributed by atoms with E-state index in [-0.39, 0.29) is 21.0 Å². The molecule has 0 saturated carbocycles. The van der Waals surface area contributed by atoms with Crippen molar-refractivity contribution < 1.29 is 5.11 Å². The normalized spacial score (nSPS) is 19.6. The minimum Gasteiger partial charge on any atom is -0.386 e. The second-order valence-corrected chi connectivity index (χ2v) is 4.17. The molecule has 4 heteroatoms. The maximum atomic E-state index is 9.26. The molecule has 0 aromatic carbocycles. The number of halogens is 2. The van der Waals surface area contributed by atoms with E-state index in [1.54, 1.807) is 0 Å². The van der Waals surface area contributed by atoms with Gasteiger partial charge < -0.3 is 5.11 Å². The lowest BCUT2D eigenvalue weighted by Crippen LogP contribution is -2.09. The molecule has 10 heavy (non-hydrogen) atoms. The van der Waals surface area contributed by atoms with E-state index in [2.05, 4.69) is 23.2 Å². The van der Waals surface area contributed by atoms with Gasteiger partial charge in [-0.1, -0.05) is 22.0 Å². The molecule has 0 fully saturated rings. The largest absolute Gasteiger partial charge is 0.386 e. The van der Waals surface area contributed by atoms with Gasteiger partial charge in [0, 0.05) is 26.4 Å². The molecular weight excluding hydrogens is 309 g/mol. The van der Waals surface area contributed by atoms with Crippen molar-refractivity contribution in [3.63, 3.8) is 0 Å². The summed E-state index contributed by atoms with van der Waals surface area (Å²) in [4.78, 5) is 0. The average molecular weight is 316 g/mol. The van der Waals surface area contributed by atoms with E-state index < -0.39 is 6.10 Å². The van der Waals surface area contributed by atoms with Crippen LogP contribution in [0.15, 0.2) is 25.1 Å². The fraction of sp³-hybridized carbons (Fsp3) is 0.333. The van der Waals surface area contributed by atoms with Gasteiger partial charge in [-0.05, 0) is 10.2 Å². The molecule has 0 saturated heterocycles. The third-order valence-electron chi connectivity index (χ3n) is 1.03. The van der Waals surface area contributed by atoms with Crippen molar-refractivity contribution >= 4 is 37.0 Å². The van der Waals surface area contributed by atoms with Gasteiger partial charge in [0.05, 0.1) is 5.70 Å². The van der Waals surface area contributed by atoms with Gasteiger partial charge in [0.1, 0.15) is 6.10 Å². The van der Waals surface area contributed by atoms with E-state index in [1.807, 2.05) is 12.2 Å². The lowest BCUT2D eigenvalue weighted by molar-refractivity contribution is 0.236. The first-order valence-electron chi connectivity index (χ1n) is 2.79. The van der Waals surface area contributed by atoms with Gasteiger partial charge in [0.2, 0.25) is 0 Å². The van der Waals surface area contributed by atoms with Crippen LogP contribution < -0.4 is 0 Å². The summed E-state index contributed by atoms with van der Waals surface area (Å²) in [6.45, 7) is 0. The molecule has 0 spiro atoms. The van der Waals surface area contributed by atoms with Crippen molar-refractivity contribution in [2.45, 2.75) is 6.10 Å². The van der Waals surface area contributed by atoms with E-state index in [9.17, 15) is 5.11 Å². The SMILES string of the molecule is OC(CBr)C1=CC=CI=N1. The molecule has 1 unspecified atom stereocenters. The molecule has 1 aliphatic heterocycles. The Bertz CT molecular complexity index is 200. The van der Waals surface area contributed by atoms with Crippen LogP contribution >= 0.6 is 37.0 Å². The molecule has 1 N–H and O–H groups in total. The molecule has 2 nitrogen and oxygen atoms in total. The molecule has 0 amide bonds. The molecule has 0 bridgehead atoms. The van der Waals surface area contributed by atoms with Crippen molar-refractivity contribution in [3.8, 4) is 0 Å². The Morgan fingerprint density at radius 3 is 3.10 bits per heavy atom. The van der Waals surface area contributed by atoms with Crippen LogP contribution in [-0.4, -0.2) is 16.5 Å². The Hall–Kier alpha value is 0.450. The first-order valence-corrected chi connectivity index (χ1v) is 6.12. The average Bonchev–Trinajstić information content (AvgIpc) is 2.05. The van der Waals surface area contributed by atoms with Crippen LogP contribution in [0.3, 0.4) is 0 Å². The van der Waals surface area contributed by atoms with Crippen LogP contribution in [0.1, 0.15) is 0 Å². The van der Waals surface area contributed by atoms with Crippen LogP contribution in [0.5, 0.6) is 0 Å². The molecule has 1 aliphatic rings. The highest BCUT2D eigenvalue weighted by Gasteiger charge is 2.07. The molecule has 0 aliphatic carbocycles. The molecular formula is C6H7BrINO. The zero-order chi connectivity index (χ0) is 7.40. The van der Waals surface area contributed by atoms with Gasteiger partial charge in [-0.3, -0.25) is 0 Å². The van der Waals surface area contributed by atoms with E-state index in [0.717, 1.165) is 5.70 Å². The van der Waals surface area contributed by atoms with Crippen LogP contribution in [0.25, 0.3) is 0 Å². The molecule has 1 rings (SSSR count). The summed E-state index contributed by atoms with van der Waals surface area (Å²) in [5, 5.41) is 9.83. The van der Waals surface area contributed by atoms with Gasteiger partial charge in [0.15, 0.2) is 0 Å². The first kappa shape index (κ1) is 8.55. The Morgan fingerprint density at radius 2 is 2.60 bits per heavy atom. The maximum Gasteiger partial charge on any atom is 0.106 e. The van der Waals surface area contributed by atoms with E-state index in [1.165, 1.54) is 0 Å². The number of hydrogen-bond acceptors (Lipinski definition) is 2. The summed E-state index contributed by atoms with van der Waals surface area (Å²) in [6.07, 6.45) is 3.39. The minimum atomic E-state index is -0.426. The number of nitrogens with zero attached hydrogens (tertiary/aromatic N) is 1. The lowest BCUT2D eigenvalue weighted by atomic mass is 10.3. The van der Waals surface area contributed by atoms with Crippen molar-refractivity contribution in [1.82, 2.24) is 0 Å². The third kappa shape index (κ3) is 2.25. The van der Waals surface area contributed by atoms with Crippen LogP contribution in [0.4, 0.5) is 0 Å². The van der Waals surface area contributed by atoms with E-state index >= 15 is 0 Å². The number of allylic oxidation sites excluding steroid dienone is 2. The third-order valence-corrected chi connectivity index (χ3v) is 3.22. The number of aliphatic hydroxyl groups excluding tert-OH is 1. The Labute approximate surface area is 78.3 Å². The summed E-state index contributed by atoms with van der Waals surface area (Å²) < 4.78 is 6.26. The molecule has 56 valence electrons. The summed E-state index contributed by atoms with van der Waals surface area (Å²) >= 11 is 3.02. The highest BCUT2D eigenvalue weighted by atomic mass is 127. The van der Waals surface area contributed by atoms with Crippen LogP contribution in [0.2, 0.25) is 0 Å². The zero-order valence-corrected chi connectivity index (χ0v) is 8.91. The fourth-order valence-corrected chi connectivity index (χ4v) is 2.22. The van der Waals surface area contributed by atoms with Crippen molar-refractivity contribution in [3.05, 3.63) is 21.9 Å². The van der Waals surface area contributed by atoms with Gasteiger partial charge >= 0.3 is 0 Å². The summed E-state index contributed by atoms with van der Waals surface area (Å²) in [5.41, 5.74) is 0.812. The highest BCUT2D eigenvalue weighted by molar-refractivity contribution is 14.2. The predicted molar refractivity (Wildman–Crippen MR) is 53.5 cm³/mol. The zero-order valence-electron chi connectivity index (χ0n) is 5.17. The summed E-state index contributed by atoms with van der Waals surface area (Å²) in [5.74, 6) is 0. The van der Waals surface area contributed by atoms with Crippen molar-refractivity contribution in [2.75, 3.05) is 5.33 Å². The highest BCUT2D eigenvalue weighted by Crippen LogP contribution is 2.18. The molecule has 1 heterocycles. The maximum absolute atomic E-state index is 9.26. The van der Waals surface area contributed by atoms with Crippen molar-refractivity contribution in [2.24, 2.45) is 3.15 Å². The standard InChI is InChI=1S/C6H7BrINO/c7-4-6(10)5-2-1-3-8-9-5/h1-3,6,10H,4H2. The van der Waals surface area contributed by atoms with Gasteiger partial charge in [0.25, 0.3) is 0 Å². The monoisotopic (exact) mass is 315 g/mol.